The minimum Gasteiger partial charge on any atom is -0.313 e. The first-order chi connectivity index (χ1) is 10.1. The zero-order valence-electron chi connectivity index (χ0n) is 14.8. The lowest BCUT2D eigenvalue weighted by Gasteiger charge is -2.42. The normalized spacial score (nSPS) is 14.9. The first kappa shape index (κ1) is 18.2. The van der Waals surface area contributed by atoms with Crippen molar-refractivity contribution in [2.45, 2.75) is 78.2 Å². The van der Waals surface area contributed by atoms with Gasteiger partial charge in [-0.15, -0.1) is 0 Å². The van der Waals surface area contributed by atoms with Crippen molar-refractivity contribution in [1.29, 1.82) is 0 Å². The topological polar surface area (TPSA) is 12.0 Å². The van der Waals surface area contributed by atoms with Crippen LogP contribution in [0.2, 0.25) is 0 Å². The van der Waals surface area contributed by atoms with Gasteiger partial charge in [0.05, 0.1) is 0 Å². The van der Waals surface area contributed by atoms with E-state index in [2.05, 4.69) is 70.3 Å². The van der Waals surface area contributed by atoms with Crippen molar-refractivity contribution in [3.8, 4) is 0 Å². The van der Waals surface area contributed by atoms with Gasteiger partial charge < -0.3 is 5.32 Å². The van der Waals surface area contributed by atoms with Gasteiger partial charge in [-0.2, -0.15) is 0 Å². The molecular weight excluding hydrogens is 254 g/mol. The van der Waals surface area contributed by atoms with E-state index in [0.717, 1.165) is 12.5 Å². The van der Waals surface area contributed by atoms with E-state index >= 15 is 0 Å². The van der Waals surface area contributed by atoms with E-state index < -0.39 is 0 Å². The van der Waals surface area contributed by atoms with Crippen LogP contribution in [-0.4, -0.2) is 12.6 Å². The van der Waals surface area contributed by atoms with E-state index in [1.165, 1.54) is 37.7 Å². The molecule has 0 radical (unpaired) electrons. The Bertz CT molecular complexity index is 367. The third-order valence-electron chi connectivity index (χ3n) is 5.25. The molecule has 1 aromatic carbocycles. The molecule has 0 fully saturated rings. The largest absolute Gasteiger partial charge is 0.313 e. The number of nitrogens with one attached hydrogen (secondary N) is 1. The van der Waals surface area contributed by atoms with E-state index in [-0.39, 0.29) is 5.41 Å². The minimum absolute atomic E-state index is 0.264. The van der Waals surface area contributed by atoms with Crippen LogP contribution in [0.3, 0.4) is 0 Å². The maximum Gasteiger partial charge on any atom is 0.0166 e. The molecule has 1 heteroatoms. The van der Waals surface area contributed by atoms with Crippen LogP contribution in [0.5, 0.6) is 0 Å². The minimum atomic E-state index is 0.264. The maximum atomic E-state index is 3.88. The van der Waals surface area contributed by atoms with Crippen LogP contribution in [0.4, 0.5) is 0 Å². The lowest BCUT2D eigenvalue weighted by atomic mass is 9.67. The molecule has 0 aromatic heterocycles. The molecule has 1 nitrogen and oxygen atoms in total. The van der Waals surface area contributed by atoms with Crippen LogP contribution in [0.15, 0.2) is 30.3 Å². The average Bonchev–Trinajstić information content (AvgIpc) is 2.54. The van der Waals surface area contributed by atoms with E-state index in [0.29, 0.717) is 6.04 Å². The monoisotopic (exact) mass is 289 g/mol. The fourth-order valence-corrected chi connectivity index (χ4v) is 3.51. The molecule has 1 aromatic rings. The molecule has 120 valence electrons. The van der Waals surface area contributed by atoms with Crippen LogP contribution in [0.25, 0.3) is 0 Å². The van der Waals surface area contributed by atoms with Crippen molar-refractivity contribution in [2.24, 2.45) is 5.92 Å². The molecule has 0 aliphatic heterocycles. The molecule has 0 aliphatic rings. The summed E-state index contributed by atoms with van der Waals surface area (Å²) in [5, 5.41) is 3.88. The molecule has 0 saturated heterocycles. The summed E-state index contributed by atoms with van der Waals surface area (Å²) in [5.74, 6) is 0.778. The highest BCUT2D eigenvalue weighted by molar-refractivity contribution is 5.27. The third kappa shape index (κ3) is 4.57. The van der Waals surface area contributed by atoms with Crippen LogP contribution >= 0.6 is 0 Å². The summed E-state index contributed by atoms with van der Waals surface area (Å²) in [7, 11) is 0. The van der Waals surface area contributed by atoms with E-state index in [4.69, 9.17) is 0 Å². The van der Waals surface area contributed by atoms with Gasteiger partial charge in [-0.05, 0) is 43.7 Å². The van der Waals surface area contributed by atoms with Gasteiger partial charge >= 0.3 is 0 Å². The predicted octanol–water partition coefficient (Wildman–Crippen LogP) is 5.55. The van der Waals surface area contributed by atoms with Crippen molar-refractivity contribution in [1.82, 2.24) is 5.32 Å². The molecular formula is C20H35N. The zero-order valence-corrected chi connectivity index (χ0v) is 14.8. The molecule has 1 N–H and O–H groups in total. The van der Waals surface area contributed by atoms with Crippen molar-refractivity contribution in [2.75, 3.05) is 6.54 Å². The Hall–Kier alpha value is -0.820. The summed E-state index contributed by atoms with van der Waals surface area (Å²) in [6.45, 7) is 12.8. The second-order valence-corrected chi connectivity index (χ2v) is 6.49. The lowest BCUT2D eigenvalue weighted by molar-refractivity contribution is 0.232. The number of benzene rings is 1. The Balaban J connectivity index is 3.11. The Labute approximate surface area is 132 Å². The molecule has 0 heterocycles. The van der Waals surface area contributed by atoms with Crippen molar-refractivity contribution < 1.29 is 0 Å². The Kier molecular flexibility index (Phi) is 8.03. The van der Waals surface area contributed by atoms with Gasteiger partial charge in [-0.3, -0.25) is 0 Å². The van der Waals surface area contributed by atoms with E-state index in [1.54, 1.807) is 0 Å². The highest BCUT2D eigenvalue weighted by atomic mass is 14.9. The van der Waals surface area contributed by atoms with Gasteiger partial charge in [0.15, 0.2) is 0 Å². The molecule has 0 spiro atoms. The Morgan fingerprint density at radius 1 is 1.00 bits per heavy atom. The van der Waals surface area contributed by atoms with Crippen LogP contribution in [-0.2, 0) is 5.41 Å². The maximum absolute atomic E-state index is 3.88. The fourth-order valence-electron chi connectivity index (χ4n) is 3.51. The third-order valence-corrected chi connectivity index (χ3v) is 5.25. The van der Waals surface area contributed by atoms with Crippen LogP contribution in [0.1, 0.15) is 72.3 Å². The summed E-state index contributed by atoms with van der Waals surface area (Å²) < 4.78 is 0. The highest BCUT2D eigenvalue weighted by Gasteiger charge is 2.37. The summed E-state index contributed by atoms with van der Waals surface area (Å²) in [6.07, 6.45) is 6.14. The van der Waals surface area contributed by atoms with Crippen LogP contribution in [0, 0.1) is 5.92 Å². The first-order valence-corrected chi connectivity index (χ1v) is 8.93. The molecule has 1 rings (SSSR count). The van der Waals surface area contributed by atoms with E-state index in [1.807, 2.05) is 0 Å². The summed E-state index contributed by atoms with van der Waals surface area (Å²) >= 11 is 0. The molecule has 2 unspecified atom stereocenters. The van der Waals surface area contributed by atoms with Crippen LogP contribution < -0.4 is 5.32 Å². The molecule has 0 aliphatic carbocycles. The van der Waals surface area contributed by atoms with Gasteiger partial charge in [0.1, 0.15) is 0 Å². The summed E-state index contributed by atoms with van der Waals surface area (Å²) in [5.41, 5.74) is 1.77. The molecule has 0 saturated carbocycles. The summed E-state index contributed by atoms with van der Waals surface area (Å²) in [4.78, 5) is 0. The average molecular weight is 290 g/mol. The zero-order chi connectivity index (χ0) is 15.7. The Morgan fingerprint density at radius 2 is 1.62 bits per heavy atom. The van der Waals surface area contributed by atoms with Crippen molar-refractivity contribution in [3.05, 3.63) is 35.9 Å². The standard InChI is InChI=1S/C20H35N/c1-6-15-21-19(16-17(5)7-2)20(8-3,9-4)18-13-11-10-12-14-18/h10-14,17,19,21H,6-9,15-16H2,1-5H3. The smallest absolute Gasteiger partial charge is 0.0166 e. The van der Waals surface area contributed by atoms with Gasteiger partial charge in [0, 0.05) is 11.5 Å². The van der Waals surface area contributed by atoms with Gasteiger partial charge in [-0.25, -0.2) is 0 Å². The van der Waals surface area contributed by atoms with Gasteiger partial charge in [0.25, 0.3) is 0 Å². The molecule has 2 atom stereocenters. The molecule has 0 bridgehead atoms. The molecule has 0 amide bonds. The summed E-state index contributed by atoms with van der Waals surface area (Å²) in [6, 6.07) is 11.7. The highest BCUT2D eigenvalue weighted by Crippen LogP contribution is 2.38. The lowest BCUT2D eigenvalue weighted by Crippen LogP contribution is -2.49. The SMILES string of the molecule is CCCNC(CC(C)CC)C(CC)(CC)c1ccccc1. The van der Waals surface area contributed by atoms with E-state index in [9.17, 15) is 0 Å². The molecule has 21 heavy (non-hydrogen) atoms. The second kappa shape index (κ2) is 9.25. The number of hydrogen-bond donors (Lipinski definition) is 1. The van der Waals surface area contributed by atoms with Crippen molar-refractivity contribution in [3.63, 3.8) is 0 Å². The number of hydrogen-bond acceptors (Lipinski definition) is 1. The second-order valence-electron chi connectivity index (χ2n) is 6.49. The Morgan fingerprint density at radius 3 is 2.10 bits per heavy atom. The first-order valence-electron chi connectivity index (χ1n) is 8.93. The predicted molar refractivity (Wildman–Crippen MR) is 94.9 cm³/mol. The fraction of sp³-hybridized carbons (Fsp3) is 0.700. The van der Waals surface area contributed by atoms with Crippen molar-refractivity contribution >= 4 is 0 Å². The van der Waals surface area contributed by atoms with Gasteiger partial charge in [-0.1, -0.05) is 71.4 Å². The number of rotatable bonds is 10. The quantitative estimate of drug-likeness (QED) is 0.595. The van der Waals surface area contributed by atoms with Gasteiger partial charge in [0.2, 0.25) is 0 Å².